The Morgan fingerprint density at radius 2 is 1.65 bits per heavy atom. The number of hydrogen-bond acceptors (Lipinski definition) is 4. The maximum absolute atomic E-state index is 12.4. The molecule has 2 amide bonds. The van der Waals surface area contributed by atoms with E-state index in [1.807, 2.05) is 0 Å². The van der Waals surface area contributed by atoms with Crippen molar-refractivity contribution in [2.24, 2.45) is 0 Å². The first kappa shape index (κ1) is 14.8. The molecular formula is C17H14N2O4. The molecule has 0 radical (unpaired) electrons. The van der Waals surface area contributed by atoms with Crippen molar-refractivity contribution < 1.29 is 19.5 Å². The minimum atomic E-state index is -1.13. The summed E-state index contributed by atoms with van der Waals surface area (Å²) in [6.07, 6.45) is 0. The van der Waals surface area contributed by atoms with E-state index in [4.69, 9.17) is 5.73 Å². The lowest BCUT2D eigenvalue weighted by molar-refractivity contribution is 0.0641. The van der Waals surface area contributed by atoms with Crippen molar-refractivity contribution in [1.82, 2.24) is 4.90 Å². The standard InChI is InChI=1S/C17H14N2O4/c1-9-10(6-7-13(18)14(9)17(22)23)8-19-15(20)11-4-2-3-5-12(11)16(19)21/h2-7H,8,18H2,1H3,(H,22,23). The SMILES string of the molecule is Cc1c(CN2C(=O)c3ccccc3C2=O)ccc(N)c1C(=O)O. The van der Waals surface area contributed by atoms with Crippen LogP contribution >= 0.6 is 0 Å². The molecule has 0 aromatic heterocycles. The highest BCUT2D eigenvalue weighted by molar-refractivity contribution is 6.21. The molecule has 1 heterocycles. The summed E-state index contributed by atoms with van der Waals surface area (Å²) in [6.45, 7) is 1.63. The summed E-state index contributed by atoms with van der Waals surface area (Å²) in [5.74, 6) is -1.89. The van der Waals surface area contributed by atoms with Crippen LogP contribution in [0.5, 0.6) is 0 Å². The number of aromatic carboxylic acids is 1. The zero-order valence-electron chi connectivity index (χ0n) is 12.4. The number of rotatable bonds is 3. The fourth-order valence-corrected chi connectivity index (χ4v) is 2.78. The van der Waals surface area contributed by atoms with Gasteiger partial charge in [-0.25, -0.2) is 4.79 Å². The van der Waals surface area contributed by atoms with Gasteiger partial charge in [0.05, 0.1) is 23.2 Å². The predicted octanol–water partition coefficient (Wildman–Crippen LogP) is 2.07. The molecule has 1 aliphatic heterocycles. The number of carboxylic acids is 1. The molecule has 3 rings (SSSR count). The minimum absolute atomic E-state index is 0.000825. The lowest BCUT2D eigenvalue weighted by Crippen LogP contribution is -2.29. The van der Waals surface area contributed by atoms with E-state index in [0.717, 1.165) is 4.90 Å². The van der Waals surface area contributed by atoms with E-state index in [1.54, 1.807) is 37.3 Å². The summed E-state index contributed by atoms with van der Waals surface area (Å²) in [5, 5.41) is 9.25. The Hall–Kier alpha value is -3.15. The van der Waals surface area contributed by atoms with Crippen LogP contribution in [0.15, 0.2) is 36.4 Å². The van der Waals surface area contributed by atoms with Crippen molar-refractivity contribution in [1.29, 1.82) is 0 Å². The number of fused-ring (bicyclic) bond motifs is 1. The van der Waals surface area contributed by atoms with E-state index in [1.165, 1.54) is 6.07 Å². The first-order valence-electron chi connectivity index (χ1n) is 6.98. The summed E-state index contributed by atoms with van der Waals surface area (Å²) in [7, 11) is 0. The van der Waals surface area contributed by atoms with Gasteiger partial charge in [-0.3, -0.25) is 14.5 Å². The molecule has 1 aliphatic rings. The fourth-order valence-electron chi connectivity index (χ4n) is 2.78. The van der Waals surface area contributed by atoms with Crippen LogP contribution in [0.25, 0.3) is 0 Å². The molecule has 3 N–H and O–H groups in total. The average Bonchev–Trinajstić information content (AvgIpc) is 2.75. The van der Waals surface area contributed by atoms with Crippen LogP contribution in [0, 0.1) is 6.92 Å². The molecule has 2 aromatic carbocycles. The highest BCUT2D eigenvalue weighted by atomic mass is 16.4. The van der Waals surface area contributed by atoms with Gasteiger partial charge in [-0.15, -0.1) is 0 Å². The second-order valence-electron chi connectivity index (χ2n) is 5.36. The summed E-state index contributed by atoms with van der Waals surface area (Å²) in [6, 6.07) is 9.72. The minimum Gasteiger partial charge on any atom is -0.478 e. The van der Waals surface area contributed by atoms with Gasteiger partial charge in [-0.2, -0.15) is 0 Å². The van der Waals surface area contributed by atoms with Crippen LogP contribution in [0.4, 0.5) is 5.69 Å². The molecule has 0 spiro atoms. The molecule has 0 bridgehead atoms. The van der Waals surface area contributed by atoms with E-state index >= 15 is 0 Å². The van der Waals surface area contributed by atoms with E-state index in [-0.39, 0.29) is 29.6 Å². The largest absolute Gasteiger partial charge is 0.478 e. The number of carboxylic acid groups (broad SMARTS) is 1. The van der Waals surface area contributed by atoms with E-state index in [2.05, 4.69) is 0 Å². The van der Waals surface area contributed by atoms with Gasteiger partial charge in [0.25, 0.3) is 11.8 Å². The molecule has 0 saturated heterocycles. The van der Waals surface area contributed by atoms with Gasteiger partial charge in [0.1, 0.15) is 0 Å². The molecule has 0 fully saturated rings. The average molecular weight is 310 g/mol. The van der Waals surface area contributed by atoms with E-state index in [9.17, 15) is 19.5 Å². The summed E-state index contributed by atoms with van der Waals surface area (Å²) >= 11 is 0. The van der Waals surface area contributed by atoms with Crippen molar-refractivity contribution in [2.45, 2.75) is 13.5 Å². The second-order valence-corrected chi connectivity index (χ2v) is 5.36. The maximum Gasteiger partial charge on any atom is 0.338 e. The van der Waals surface area contributed by atoms with Gasteiger partial charge >= 0.3 is 5.97 Å². The van der Waals surface area contributed by atoms with Crippen molar-refractivity contribution in [3.8, 4) is 0 Å². The number of nitrogens with two attached hydrogens (primary N) is 1. The molecule has 23 heavy (non-hydrogen) atoms. The monoisotopic (exact) mass is 310 g/mol. The first-order valence-corrected chi connectivity index (χ1v) is 6.98. The van der Waals surface area contributed by atoms with Crippen LogP contribution in [-0.4, -0.2) is 27.8 Å². The fraction of sp³-hybridized carbons (Fsp3) is 0.118. The topological polar surface area (TPSA) is 101 Å². The van der Waals surface area contributed by atoms with Crippen LogP contribution < -0.4 is 5.73 Å². The van der Waals surface area contributed by atoms with Gasteiger partial charge in [0.2, 0.25) is 0 Å². The first-order chi connectivity index (χ1) is 10.9. The predicted molar refractivity (Wildman–Crippen MR) is 83.2 cm³/mol. The number of nitrogens with zero attached hydrogens (tertiary/aromatic N) is 1. The Morgan fingerprint density at radius 3 is 2.17 bits per heavy atom. The van der Waals surface area contributed by atoms with Crippen LogP contribution in [0.3, 0.4) is 0 Å². The van der Waals surface area contributed by atoms with E-state index < -0.39 is 5.97 Å². The third-order valence-electron chi connectivity index (χ3n) is 4.03. The molecule has 0 aliphatic carbocycles. The van der Waals surface area contributed by atoms with Gasteiger partial charge in [0, 0.05) is 5.69 Å². The number of hydrogen-bond donors (Lipinski definition) is 2. The summed E-state index contributed by atoms with van der Waals surface area (Å²) in [4.78, 5) is 37.2. The van der Waals surface area contributed by atoms with Crippen LogP contribution in [0.2, 0.25) is 0 Å². The molecule has 6 nitrogen and oxygen atoms in total. The van der Waals surface area contributed by atoms with Crippen LogP contribution in [0.1, 0.15) is 42.2 Å². The molecule has 6 heteroatoms. The third kappa shape index (κ3) is 2.24. The number of carbonyl (C=O) groups is 3. The third-order valence-corrected chi connectivity index (χ3v) is 4.03. The Morgan fingerprint density at radius 1 is 1.09 bits per heavy atom. The van der Waals surface area contributed by atoms with E-state index in [0.29, 0.717) is 22.3 Å². The van der Waals surface area contributed by atoms with Crippen molar-refractivity contribution in [2.75, 3.05) is 5.73 Å². The Bertz CT molecular complexity index is 823. The number of carbonyl (C=O) groups excluding carboxylic acids is 2. The summed E-state index contributed by atoms with van der Waals surface area (Å²) < 4.78 is 0. The number of anilines is 1. The Labute approximate surface area is 132 Å². The number of amides is 2. The summed E-state index contributed by atoms with van der Waals surface area (Å²) in [5.41, 5.74) is 7.61. The second kappa shape index (κ2) is 5.24. The number of imide groups is 1. The van der Waals surface area contributed by atoms with Gasteiger partial charge in [-0.05, 0) is 36.2 Å². The zero-order valence-corrected chi connectivity index (χ0v) is 12.4. The highest BCUT2D eigenvalue weighted by Gasteiger charge is 2.35. The van der Waals surface area contributed by atoms with Gasteiger partial charge in [0.15, 0.2) is 0 Å². The smallest absolute Gasteiger partial charge is 0.338 e. The normalized spacial score (nSPS) is 13.3. The molecule has 0 unspecified atom stereocenters. The Balaban J connectivity index is 1.99. The number of nitrogen functional groups attached to an aromatic ring is 1. The number of benzene rings is 2. The molecule has 0 saturated carbocycles. The highest BCUT2D eigenvalue weighted by Crippen LogP contribution is 2.27. The zero-order chi connectivity index (χ0) is 16.7. The Kier molecular flexibility index (Phi) is 3.37. The molecule has 2 aromatic rings. The molecule has 116 valence electrons. The van der Waals surface area contributed by atoms with Crippen molar-refractivity contribution >= 4 is 23.5 Å². The van der Waals surface area contributed by atoms with Crippen LogP contribution in [-0.2, 0) is 6.54 Å². The van der Waals surface area contributed by atoms with Crippen molar-refractivity contribution in [3.63, 3.8) is 0 Å². The maximum atomic E-state index is 12.4. The lowest BCUT2D eigenvalue weighted by Gasteiger charge is -2.17. The van der Waals surface area contributed by atoms with Gasteiger partial charge in [-0.1, -0.05) is 18.2 Å². The quantitative estimate of drug-likeness (QED) is 0.667. The van der Waals surface area contributed by atoms with Crippen molar-refractivity contribution in [3.05, 3.63) is 64.2 Å². The molecular weight excluding hydrogens is 296 g/mol. The molecule has 0 atom stereocenters. The van der Waals surface area contributed by atoms with Gasteiger partial charge < -0.3 is 10.8 Å². The lowest BCUT2D eigenvalue weighted by atomic mass is 10.00.